The van der Waals surface area contributed by atoms with Gasteiger partial charge in [-0.3, -0.25) is 0 Å². The first kappa shape index (κ1) is 16.7. The lowest BCUT2D eigenvalue weighted by molar-refractivity contribution is -0.266. The Bertz CT molecular complexity index is 508. The molecule has 0 saturated carbocycles. The molecule has 1 heterocycles. The fourth-order valence-corrected chi connectivity index (χ4v) is 2.39. The second kappa shape index (κ2) is 8.09. The number of hydrogen-bond acceptors (Lipinski definition) is 6. The lowest BCUT2D eigenvalue weighted by Gasteiger charge is -2.41. The zero-order valence-corrected chi connectivity index (χ0v) is 12.1. The summed E-state index contributed by atoms with van der Waals surface area (Å²) >= 11 is 0. The van der Waals surface area contributed by atoms with Gasteiger partial charge in [-0.1, -0.05) is 35.4 Å². The highest BCUT2D eigenvalue weighted by Gasteiger charge is 2.45. The van der Waals surface area contributed by atoms with E-state index in [9.17, 15) is 10.2 Å². The van der Waals surface area contributed by atoms with E-state index in [-0.39, 0.29) is 6.61 Å². The molecule has 0 radical (unpaired) electrons. The Balaban J connectivity index is 2.15. The summed E-state index contributed by atoms with van der Waals surface area (Å²) in [7, 11) is 1.39. The van der Waals surface area contributed by atoms with Crippen molar-refractivity contribution in [1.29, 1.82) is 0 Å². The Kier molecular flexibility index (Phi) is 6.14. The first-order valence-corrected chi connectivity index (χ1v) is 6.88. The normalized spacial score (nSPS) is 31.5. The number of ether oxygens (including phenoxy) is 3. The van der Waals surface area contributed by atoms with Gasteiger partial charge < -0.3 is 24.4 Å². The van der Waals surface area contributed by atoms with Gasteiger partial charge in [0.25, 0.3) is 0 Å². The van der Waals surface area contributed by atoms with E-state index in [4.69, 9.17) is 19.7 Å². The summed E-state index contributed by atoms with van der Waals surface area (Å²) in [5.41, 5.74) is 9.62. The SMILES string of the molecule is CO[C@H]1O[C@H](CO)[C@@H](O)C(OCc2ccccc2)C1N=[N+]=[N-]. The quantitative estimate of drug-likeness (QED) is 0.461. The van der Waals surface area contributed by atoms with E-state index in [1.165, 1.54) is 7.11 Å². The number of aliphatic hydroxyl groups is 2. The maximum atomic E-state index is 10.3. The Morgan fingerprint density at radius 3 is 2.68 bits per heavy atom. The van der Waals surface area contributed by atoms with Crippen LogP contribution in [0.2, 0.25) is 0 Å². The molecule has 5 atom stereocenters. The molecule has 0 bridgehead atoms. The van der Waals surface area contributed by atoms with Gasteiger partial charge in [-0.25, -0.2) is 0 Å². The van der Waals surface area contributed by atoms with Crippen molar-refractivity contribution < 1.29 is 24.4 Å². The summed E-state index contributed by atoms with van der Waals surface area (Å²) in [5, 5.41) is 23.2. The third-order valence-corrected chi connectivity index (χ3v) is 3.52. The van der Waals surface area contributed by atoms with Gasteiger partial charge in [0.2, 0.25) is 0 Å². The number of hydrogen-bond donors (Lipinski definition) is 2. The molecule has 0 spiro atoms. The van der Waals surface area contributed by atoms with Crippen molar-refractivity contribution in [2.24, 2.45) is 5.11 Å². The van der Waals surface area contributed by atoms with E-state index in [2.05, 4.69) is 10.0 Å². The molecule has 1 aromatic rings. The molecule has 0 aliphatic carbocycles. The Hall–Kier alpha value is -1.67. The monoisotopic (exact) mass is 309 g/mol. The van der Waals surface area contributed by atoms with Crippen LogP contribution in [0.15, 0.2) is 35.4 Å². The van der Waals surface area contributed by atoms with Crippen LogP contribution >= 0.6 is 0 Å². The molecule has 8 heteroatoms. The highest BCUT2D eigenvalue weighted by Crippen LogP contribution is 2.27. The summed E-state index contributed by atoms with van der Waals surface area (Å²) < 4.78 is 16.2. The van der Waals surface area contributed by atoms with E-state index in [1.54, 1.807) is 0 Å². The van der Waals surface area contributed by atoms with Crippen molar-refractivity contribution in [2.75, 3.05) is 13.7 Å². The summed E-state index contributed by atoms with van der Waals surface area (Å²) in [4.78, 5) is 2.76. The van der Waals surface area contributed by atoms with Gasteiger partial charge in [-0.15, -0.1) is 0 Å². The van der Waals surface area contributed by atoms with Crippen molar-refractivity contribution in [1.82, 2.24) is 0 Å². The number of methoxy groups -OCH3 is 1. The molecule has 0 amide bonds. The van der Waals surface area contributed by atoms with Crippen LogP contribution in [0.4, 0.5) is 0 Å². The van der Waals surface area contributed by atoms with Crippen molar-refractivity contribution in [3.8, 4) is 0 Å². The van der Waals surface area contributed by atoms with Gasteiger partial charge in [-0.2, -0.15) is 0 Å². The molecular formula is C14H19N3O5. The van der Waals surface area contributed by atoms with Gasteiger partial charge >= 0.3 is 0 Å². The van der Waals surface area contributed by atoms with Crippen LogP contribution in [0.25, 0.3) is 10.4 Å². The van der Waals surface area contributed by atoms with Crippen LogP contribution in [0.3, 0.4) is 0 Å². The van der Waals surface area contributed by atoms with Crippen LogP contribution in [0.1, 0.15) is 5.56 Å². The van der Waals surface area contributed by atoms with Crippen LogP contribution in [-0.4, -0.2) is 54.6 Å². The molecule has 2 unspecified atom stereocenters. The number of nitrogens with zero attached hydrogens (tertiary/aromatic N) is 3. The maximum absolute atomic E-state index is 10.3. The van der Waals surface area contributed by atoms with Gasteiger partial charge in [0, 0.05) is 12.0 Å². The number of benzene rings is 1. The zero-order chi connectivity index (χ0) is 15.9. The van der Waals surface area contributed by atoms with Gasteiger partial charge in [0.15, 0.2) is 6.29 Å². The van der Waals surface area contributed by atoms with Crippen LogP contribution < -0.4 is 0 Å². The molecule has 1 saturated heterocycles. The third kappa shape index (κ3) is 3.75. The minimum atomic E-state index is -1.13. The van der Waals surface area contributed by atoms with E-state index < -0.39 is 37.3 Å². The van der Waals surface area contributed by atoms with Crippen molar-refractivity contribution in [2.45, 2.75) is 37.3 Å². The average Bonchev–Trinajstić information content (AvgIpc) is 2.56. The molecular weight excluding hydrogens is 290 g/mol. The Labute approximate surface area is 127 Å². The molecule has 1 aromatic carbocycles. The van der Waals surface area contributed by atoms with Crippen molar-refractivity contribution in [3.05, 3.63) is 46.3 Å². The second-order valence-corrected chi connectivity index (χ2v) is 4.91. The standard InChI is InChI=1S/C14H19N3O5/c1-20-14-11(16-17-15)13(12(19)10(7-18)22-14)21-8-9-5-3-2-4-6-9/h2-6,10-14,18-19H,7-8H2,1H3/t10-,11?,12-,13?,14+/m1/s1. The lowest BCUT2D eigenvalue weighted by atomic mass is 9.97. The summed E-state index contributed by atoms with van der Waals surface area (Å²) in [6.07, 6.45) is -3.73. The van der Waals surface area contributed by atoms with E-state index in [1.807, 2.05) is 30.3 Å². The van der Waals surface area contributed by atoms with Crippen LogP contribution in [-0.2, 0) is 20.8 Å². The highest BCUT2D eigenvalue weighted by atomic mass is 16.7. The third-order valence-electron chi connectivity index (χ3n) is 3.52. The minimum absolute atomic E-state index is 0.231. The van der Waals surface area contributed by atoms with Crippen LogP contribution in [0, 0.1) is 0 Å². The molecule has 1 fully saturated rings. The smallest absolute Gasteiger partial charge is 0.168 e. The highest BCUT2D eigenvalue weighted by molar-refractivity contribution is 5.13. The fraction of sp³-hybridized carbons (Fsp3) is 0.571. The summed E-state index contributed by atoms with van der Waals surface area (Å²) in [6, 6.07) is 8.54. The molecule has 8 nitrogen and oxygen atoms in total. The second-order valence-electron chi connectivity index (χ2n) is 4.91. The molecule has 120 valence electrons. The average molecular weight is 309 g/mol. The number of azide groups is 1. The molecule has 0 aromatic heterocycles. The number of rotatable bonds is 6. The van der Waals surface area contributed by atoms with Crippen LogP contribution in [0.5, 0.6) is 0 Å². The predicted molar refractivity (Wildman–Crippen MR) is 76.7 cm³/mol. The topological polar surface area (TPSA) is 117 Å². The minimum Gasteiger partial charge on any atom is -0.394 e. The zero-order valence-electron chi connectivity index (χ0n) is 12.1. The predicted octanol–water partition coefficient (Wildman–Crippen LogP) is 0.975. The van der Waals surface area contributed by atoms with Crippen molar-refractivity contribution >= 4 is 0 Å². The van der Waals surface area contributed by atoms with Crippen molar-refractivity contribution in [3.63, 3.8) is 0 Å². The van der Waals surface area contributed by atoms with Gasteiger partial charge in [0.05, 0.1) is 19.3 Å². The molecule has 2 N–H and O–H groups in total. The molecule has 1 aliphatic rings. The molecule has 1 aliphatic heterocycles. The Morgan fingerprint density at radius 1 is 1.36 bits per heavy atom. The fourth-order valence-electron chi connectivity index (χ4n) is 2.39. The maximum Gasteiger partial charge on any atom is 0.168 e. The summed E-state index contributed by atoms with van der Waals surface area (Å²) in [5.74, 6) is 0. The first-order valence-electron chi connectivity index (χ1n) is 6.88. The first-order chi connectivity index (χ1) is 10.7. The largest absolute Gasteiger partial charge is 0.394 e. The molecule has 22 heavy (non-hydrogen) atoms. The lowest BCUT2D eigenvalue weighted by Crippen LogP contribution is -2.59. The van der Waals surface area contributed by atoms with E-state index in [0.29, 0.717) is 0 Å². The Morgan fingerprint density at radius 2 is 2.09 bits per heavy atom. The summed E-state index contributed by atoms with van der Waals surface area (Å²) in [6.45, 7) is -0.163. The number of aliphatic hydroxyl groups excluding tert-OH is 2. The van der Waals surface area contributed by atoms with E-state index >= 15 is 0 Å². The van der Waals surface area contributed by atoms with Gasteiger partial charge in [0.1, 0.15) is 18.2 Å². The molecule has 2 rings (SSSR count). The van der Waals surface area contributed by atoms with Gasteiger partial charge in [-0.05, 0) is 11.1 Å². The van der Waals surface area contributed by atoms with E-state index in [0.717, 1.165) is 5.56 Å².